The van der Waals surface area contributed by atoms with E-state index in [1.165, 1.54) is 43.6 Å². The first-order chi connectivity index (χ1) is 20.3. The predicted octanol–water partition coefficient (Wildman–Crippen LogP) is 6.77. The summed E-state index contributed by atoms with van der Waals surface area (Å²) >= 11 is 5.82. The summed E-state index contributed by atoms with van der Waals surface area (Å²) in [6, 6.07) is 14.7. The summed E-state index contributed by atoms with van der Waals surface area (Å²) in [6.45, 7) is 0.499. The summed E-state index contributed by atoms with van der Waals surface area (Å²) in [5, 5.41) is 0.251. The van der Waals surface area contributed by atoms with Crippen LogP contribution in [0.15, 0.2) is 66.9 Å². The second kappa shape index (κ2) is 12.6. The topological polar surface area (TPSA) is 75.5 Å². The zero-order valence-corrected chi connectivity index (χ0v) is 23.4. The Morgan fingerprint density at radius 3 is 2.48 bits per heavy atom. The molecule has 2 heterocycles. The number of methoxy groups -OCH3 is 2. The molecule has 0 atom stereocenters. The van der Waals surface area contributed by atoms with Crippen LogP contribution in [0.5, 0.6) is 5.88 Å². The van der Waals surface area contributed by atoms with Crippen LogP contribution in [0.4, 0.5) is 13.2 Å². The number of aromatic nitrogens is 3. The zero-order chi connectivity index (χ0) is 29.8. The standard InChI is InChI=1S/C31H25ClF3N3O4/c1-40-11-10-38-28-14-18(31(39)41-2)6-8-27(28)37-29(38)16-23-25(34)12-20(13-26(23)35)22-4-3-9-36-30(22)42-17-19-5-7-21(32)15-24(19)33/h3-9,12-15H,10-11,16-17H2,1-2H3. The van der Waals surface area contributed by atoms with Gasteiger partial charge in [-0.25, -0.2) is 27.9 Å². The van der Waals surface area contributed by atoms with E-state index in [1.54, 1.807) is 42.0 Å². The number of ether oxygens (including phenoxy) is 3. The number of halogens is 4. The molecule has 3 aromatic carbocycles. The average Bonchev–Trinajstić information content (AvgIpc) is 3.33. The van der Waals surface area contributed by atoms with Crippen molar-refractivity contribution >= 4 is 28.6 Å². The lowest BCUT2D eigenvalue weighted by atomic mass is 10.0. The number of fused-ring (bicyclic) bond motifs is 1. The monoisotopic (exact) mass is 595 g/mol. The van der Waals surface area contributed by atoms with Gasteiger partial charge in [-0.1, -0.05) is 17.7 Å². The van der Waals surface area contributed by atoms with E-state index in [0.29, 0.717) is 41.1 Å². The molecule has 0 spiro atoms. The summed E-state index contributed by atoms with van der Waals surface area (Å²) in [5.41, 5.74) is 2.08. The Morgan fingerprint density at radius 1 is 0.976 bits per heavy atom. The van der Waals surface area contributed by atoms with Crippen LogP contribution in [0.1, 0.15) is 27.3 Å². The van der Waals surface area contributed by atoms with E-state index in [-0.39, 0.29) is 40.6 Å². The quantitative estimate of drug-likeness (QED) is 0.166. The number of rotatable bonds is 10. The van der Waals surface area contributed by atoms with Gasteiger partial charge in [0.25, 0.3) is 0 Å². The molecule has 0 aliphatic heterocycles. The third kappa shape index (κ3) is 6.09. The highest BCUT2D eigenvalue weighted by Crippen LogP contribution is 2.32. The number of imidazole rings is 1. The van der Waals surface area contributed by atoms with Gasteiger partial charge in [0.1, 0.15) is 29.9 Å². The van der Waals surface area contributed by atoms with Gasteiger partial charge in [-0.3, -0.25) is 0 Å². The Labute approximate surface area is 244 Å². The maximum atomic E-state index is 15.5. The minimum Gasteiger partial charge on any atom is -0.472 e. The largest absolute Gasteiger partial charge is 0.472 e. The third-order valence-corrected chi connectivity index (χ3v) is 6.94. The van der Waals surface area contributed by atoms with Crippen molar-refractivity contribution in [1.82, 2.24) is 14.5 Å². The molecule has 0 saturated carbocycles. The van der Waals surface area contributed by atoms with Crippen molar-refractivity contribution < 1.29 is 32.2 Å². The van der Waals surface area contributed by atoms with Gasteiger partial charge in [-0.15, -0.1) is 0 Å². The summed E-state index contributed by atoms with van der Waals surface area (Å²) in [4.78, 5) is 20.8. The van der Waals surface area contributed by atoms with E-state index in [9.17, 15) is 9.18 Å². The molecule has 0 N–H and O–H groups in total. The average molecular weight is 596 g/mol. The molecule has 7 nitrogen and oxygen atoms in total. The molecule has 0 fully saturated rings. The second-order valence-corrected chi connectivity index (χ2v) is 9.78. The fourth-order valence-electron chi connectivity index (χ4n) is 4.58. The molecule has 42 heavy (non-hydrogen) atoms. The van der Waals surface area contributed by atoms with Gasteiger partial charge in [0.05, 0.1) is 30.3 Å². The molecule has 0 radical (unpaired) electrons. The molecular formula is C31H25ClF3N3O4. The van der Waals surface area contributed by atoms with Crippen LogP contribution >= 0.6 is 11.6 Å². The molecular weight excluding hydrogens is 571 g/mol. The summed E-state index contributed by atoms with van der Waals surface area (Å²) < 4.78 is 62.8. The van der Waals surface area contributed by atoms with Gasteiger partial charge in [-0.2, -0.15) is 0 Å². The van der Waals surface area contributed by atoms with E-state index in [2.05, 4.69) is 9.97 Å². The number of nitrogens with zero attached hydrogens (tertiary/aromatic N) is 3. The molecule has 0 saturated heterocycles. The Balaban J connectivity index is 1.46. The van der Waals surface area contributed by atoms with Crippen LogP contribution in [-0.2, 0) is 29.0 Å². The van der Waals surface area contributed by atoms with Crippen molar-refractivity contribution in [2.24, 2.45) is 0 Å². The number of hydrogen-bond acceptors (Lipinski definition) is 6. The summed E-state index contributed by atoms with van der Waals surface area (Å²) in [6.07, 6.45) is 1.31. The van der Waals surface area contributed by atoms with Crippen LogP contribution in [0, 0.1) is 17.5 Å². The minimum atomic E-state index is -0.788. The Kier molecular flexibility index (Phi) is 8.75. The lowest BCUT2D eigenvalue weighted by Gasteiger charge is -2.13. The number of hydrogen-bond donors (Lipinski definition) is 0. The molecule has 2 aromatic heterocycles. The molecule has 0 aliphatic rings. The Morgan fingerprint density at radius 2 is 1.76 bits per heavy atom. The van der Waals surface area contributed by atoms with E-state index in [4.69, 9.17) is 25.8 Å². The van der Waals surface area contributed by atoms with E-state index >= 15 is 8.78 Å². The number of carbonyl (C=O) groups is 1. The molecule has 11 heteroatoms. The normalized spacial score (nSPS) is 11.2. The summed E-state index contributed by atoms with van der Waals surface area (Å²) in [5.74, 6) is -2.15. The first-order valence-electron chi connectivity index (χ1n) is 12.9. The van der Waals surface area contributed by atoms with Crippen molar-refractivity contribution in [3.8, 4) is 17.0 Å². The fourth-order valence-corrected chi connectivity index (χ4v) is 4.74. The highest BCUT2D eigenvalue weighted by molar-refractivity contribution is 6.30. The van der Waals surface area contributed by atoms with Crippen molar-refractivity contribution in [3.05, 3.63) is 112 Å². The van der Waals surface area contributed by atoms with Gasteiger partial charge in [0.15, 0.2) is 0 Å². The predicted molar refractivity (Wildman–Crippen MR) is 151 cm³/mol. The van der Waals surface area contributed by atoms with Gasteiger partial charge >= 0.3 is 5.97 Å². The van der Waals surface area contributed by atoms with Crippen LogP contribution in [-0.4, -0.2) is 41.3 Å². The zero-order valence-electron chi connectivity index (χ0n) is 22.7. The second-order valence-electron chi connectivity index (χ2n) is 9.34. The number of benzene rings is 3. The van der Waals surface area contributed by atoms with Crippen molar-refractivity contribution in [2.45, 2.75) is 19.6 Å². The van der Waals surface area contributed by atoms with Gasteiger partial charge in [0.2, 0.25) is 5.88 Å². The first-order valence-corrected chi connectivity index (χ1v) is 13.2. The lowest BCUT2D eigenvalue weighted by molar-refractivity contribution is 0.0601. The highest BCUT2D eigenvalue weighted by Gasteiger charge is 2.20. The SMILES string of the molecule is COCCn1c(Cc2c(F)cc(-c3cccnc3OCc3ccc(Cl)cc3F)cc2F)nc2ccc(C(=O)OC)cc21. The molecule has 5 aromatic rings. The number of esters is 1. The van der Waals surface area contributed by atoms with Gasteiger partial charge in [-0.05, 0) is 60.2 Å². The van der Waals surface area contributed by atoms with Crippen LogP contribution in [0.2, 0.25) is 5.02 Å². The number of pyridine rings is 1. The molecule has 0 bridgehead atoms. The third-order valence-electron chi connectivity index (χ3n) is 6.70. The van der Waals surface area contributed by atoms with Crippen molar-refractivity contribution in [3.63, 3.8) is 0 Å². The minimum absolute atomic E-state index is 0.0844. The molecule has 0 unspecified atom stereocenters. The van der Waals surface area contributed by atoms with Crippen LogP contribution < -0.4 is 4.74 Å². The Hall–Kier alpha value is -4.41. The number of carbonyl (C=O) groups excluding carboxylic acids is 1. The van der Waals surface area contributed by atoms with Gasteiger partial charge < -0.3 is 18.8 Å². The maximum absolute atomic E-state index is 15.5. The molecule has 0 aliphatic carbocycles. The molecule has 216 valence electrons. The van der Waals surface area contributed by atoms with E-state index in [0.717, 1.165) is 0 Å². The molecule has 0 amide bonds. The van der Waals surface area contributed by atoms with E-state index < -0.39 is 23.4 Å². The molecule has 5 rings (SSSR count). The van der Waals surface area contributed by atoms with E-state index in [1.807, 2.05) is 0 Å². The Bertz CT molecular complexity index is 1750. The maximum Gasteiger partial charge on any atom is 0.337 e. The highest BCUT2D eigenvalue weighted by atomic mass is 35.5. The summed E-state index contributed by atoms with van der Waals surface area (Å²) in [7, 11) is 2.83. The lowest BCUT2D eigenvalue weighted by Crippen LogP contribution is -2.11. The fraction of sp³-hybridized carbons (Fsp3) is 0.194. The van der Waals surface area contributed by atoms with Crippen LogP contribution in [0.25, 0.3) is 22.2 Å². The first kappa shape index (κ1) is 29.1. The van der Waals surface area contributed by atoms with Crippen molar-refractivity contribution in [1.29, 1.82) is 0 Å². The van der Waals surface area contributed by atoms with Gasteiger partial charge in [0, 0.05) is 48.0 Å². The van der Waals surface area contributed by atoms with Crippen LogP contribution in [0.3, 0.4) is 0 Å². The smallest absolute Gasteiger partial charge is 0.337 e. The van der Waals surface area contributed by atoms with Crippen molar-refractivity contribution in [2.75, 3.05) is 20.8 Å².